The third kappa shape index (κ3) is 4.91. The summed E-state index contributed by atoms with van der Waals surface area (Å²) in [4.78, 5) is 34.7. The van der Waals surface area contributed by atoms with E-state index in [0.717, 1.165) is 0 Å². The first-order valence-corrected chi connectivity index (χ1v) is 6.86. The van der Waals surface area contributed by atoms with Gasteiger partial charge < -0.3 is 10.1 Å². The van der Waals surface area contributed by atoms with Crippen LogP contribution in [0.3, 0.4) is 0 Å². The van der Waals surface area contributed by atoms with Crippen molar-refractivity contribution in [1.29, 1.82) is 0 Å². The van der Waals surface area contributed by atoms with Crippen molar-refractivity contribution in [3.63, 3.8) is 0 Å². The second kappa shape index (κ2) is 7.85. The Morgan fingerprint density at radius 2 is 1.95 bits per heavy atom. The van der Waals surface area contributed by atoms with E-state index < -0.39 is 24.0 Å². The van der Waals surface area contributed by atoms with Crippen molar-refractivity contribution in [2.24, 2.45) is 0 Å². The third-order valence-electron chi connectivity index (χ3n) is 2.40. The average Bonchev–Trinajstić information content (AvgIpc) is 2.41. The number of carbonyl (C=O) groups is 3. The first-order chi connectivity index (χ1) is 9.86. The summed E-state index contributed by atoms with van der Waals surface area (Å²) in [6, 6.07) is 3.81. The summed E-state index contributed by atoms with van der Waals surface area (Å²) in [6.07, 6.45) is -1.16. The number of benzene rings is 1. The number of amides is 3. The number of esters is 1. The lowest BCUT2D eigenvalue weighted by Gasteiger charge is -2.13. The molecule has 0 radical (unpaired) electrons. The Morgan fingerprint density at radius 3 is 2.57 bits per heavy atom. The van der Waals surface area contributed by atoms with Crippen LogP contribution in [0.5, 0.6) is 0 Å². The fourth-order valence-corrected chi connectivity index (χ4v) is 1.73. The molecule has 8 heteroatoms. The van der Waals surface area contributed by atoms with Gasteiger partial charge in [0.25, 0.3) is 5.91 Å². The third-order valence-corrected chi connectivity index (χ3v) is 3.22. The fraction of sp³-hybridized carbons (Fsp3) is 0.308. The van der Waals surface area contributed by atoms with E-state index in [1.54, 1.807) is 6.92 Å². The monoisotopic (exact) mass is 332 g/mol. The average molecular weight is 333 g/mol. The number of hydrogen-bond donors (Lipinski definition) is 2. The molecule has 2 N–H and O–H groups in total. The molecule has 0 saturated heterocycles. The molecule has 1 rings (SSSR count). The van der Waals surface area contributed by atoms with Crippen LogP contribution in [0.15, 0.2) is 18.2 Å². The molecular formula is C13H14Cl2N2O4. The van der Waals surface area contributed by atoms with E-state index in [1.165, 1.54) is 25.1 Å². The van der Waals surface area contributed by atoms with E-state index in [9.17, 15) is 14.4 Å². The predicted octanol–water partition coefficient (Wildman–Crippen LogP) is 2.38. The molecule has 3 amide bonds. The molecule has 0 aliphatic rings. The first-order valence-electron chi connectivity index (χ1n) is 6.10. The van der Waals surface area contributed by atoms with Gasteiger partial charge in [0.2, 0.25) is 0 Å². The zero-order valence-corrected chi connectivity index (χ0v) is 12.9. The van der Waals surface area contributed by atoms with Crippen LogP contribution in [0.2, 0.25) is 10.0 Å². The molecule has 21 heavy (non-hydrogen) atoms. The lowest BCUT2D eigenvalue weighted by Crippen LogP contribution is -2.44. The maximum atomic E-state index is 11.9. The Morgan fingerprint density at radius 1 is 1.29 bits per heavy atom. The normalized spacial score (nSPS) is 11.4. The highest BCUT2D eigenvalue weighted by Crippen LogP contribution is 2.26. The highest BCUT2D eigenvalue weighted by molar-refractivity contribution is 6.43. The van der Waals surface area contributed by atoms with Gasteiger partial charge >= 0.3 is 12.0 Å². The van der Waals surface area contributed by atoms with Gasteiger partial charge in [0.15, 0.2) is 6.10 Å². The van der Waals surface area contributed by atoms with Gasteiger partial charge in [-0.1, -0.05) is 29.3 Å². The molecule has 0 spiro atoms. The van der Waals surface area contributed by atoms with Gasteiger partial charge in [0.05, 0.1) is 15.6 Å². The molecule has 114 valence electrons. The van der Waals surface area contributed by atoms with Crippen LogP contribution in [0.1, 0.15) is 24.2 Å². The summed E-state index contributed by atoms with van der Waals surface area (Å²) >= 11 is 11.7. The molecule has 1 aromatic rings. The van der Waals surface area contributed by atoms with Crippen molar-refractivity contribution in [2.45, 2.75) is 20.0 Å². The molecule has 0 fully saturated rings. The number of urea groups is 1. The van der Waals surface area contributed by atoms with Crippen LogP contribution in [0.25, 0.3) is 0 Å². The number of nitrogens with one attached hydrogen (secondary N) is 2. The van der Waals surface area contributed by atoms with Crippen molar-refractivity contribution in [1.82, 2.24) is 10.6 Å². The smallest absolute Gasteiger partial charge is 0.340 e. The molecule has 0 aliphatic carbocycles. The topological polar surface area (TPSA) is 84.5 Å². The van der Waals surface area contributed by atoms with Crippen molar-refractivity contribution >= 4 is 41.1 Å². The largest absolute Gasteiger partial charge is 0.449 e. The van der Waals surface area contributed by atoms with Gasteiger partial charge in [0.1, 0.15) is 0 Å². The highest BCUT2D eigenvalue weighted by atomic mass is 35.5. The molecule has 1 atom stereocenters. The molecule has 1 aromatic carbocycles. The van der Waals surface area contributed by atoms with Gasteiger partial charge in [-0.3, -0.25) is 10.1 Å². The minimum Gasteiger partial charge on any atom is -0.449 e. The van der Waals surface area contributed by atoms with Gasteiger partial charge in [-0.15, -0.1) is 0 Å². The fourth-order valence-electron chi connectivity index (χ4n) is 1.36. The second-order valence-corrected chi connectivity index (χ2v) is 4.78. The van der Waals surface area contributed by atoms with Crippen LogP contribution in [-0.4, -0.2) is 30.6 Å². The van der Waals surface area contributed by atoms with E-state index in [0.29, 0.717) is 6.54 Å². The molecular weight excluding hydrogens is 319 g/mol. The molecule has 0 heterocycles. The number of ether oxygens (including phenoxy) is 1. The Hall–Kier alpha value is -1.79. The van der Waals surface area contributed by atoms with E-state index in [4.69, 9.17) is 27.9 Å². The standard InChI is InChI=1S/C13H14Cl2N2O4/c1-3-16-13(20)17-11(18)7(2)21-12(19)8-5-4-6-9(14)10(8)15/h4-7H,3H2,1-2H3,(H2,16,17,18,20). The van der Waals surface area contributed by atoms with Gasteiger partial charge in [-0.25, -0.2) is 9.59 Å². The first kappa shape index (κ1) is 17.3. The summed E-state index contributed by atoms with van der Waals surface area (Å²) in [5.74, 6) is -1.55. The van der Waals surface area contributed by atoms with E-state index in [1.807, 2.05) is 5.32 Å². The second-order valence-electron chi connectivity index (χ2n) is 4.00. The van der Waals surface area contributed by atoms with Crippen LogP contribution in [0.4, 0.5) is 4.79 Å². The van der Waals surface area contributed by atoms with E-state index >= 15 is 0 Å². The van der Waals surface area contributed by atoms with E-state index in [2.05, 4.69) is 5.32 Å². The van der Waals surface area contributed by atoms with Crippen LogP contribution in [0, 0.1) is 0 Å². The maximum Gasteiger partial charge on any atom is 0.340 e. The van der Waals surface area contributed by atoms with Crippen LogP contribution >= 0.6 is 23.2 Å². The van der Waals surface area contributed by atoms with Gasteiger partial charge in [-0.2, -0.15) is 0 Å². The molecule has 0 aliphatic heterocycles. The van der Waals surface area contributed by atoms with Gasteiger partial charge in [0, 0.05) is 6.54 Å². The zero-order chi connectivity index (χ0) is 16.0. The quantitative estimate of drug-likeness (QED) is 0.829. The minimum atomic E-state index is -1.16. The van der Waals surface area contributed by atoms with Gasteiger partial charge in [-0.05, 0) is 26.0 Å². The molecule has 0 aromatic heterocycles. The zero-order valence-electron chi connectivity index (χ0n) is 11.4. The number of hydrogen-bond acceptors (Lipinski definition) is 4. The minimum absolute atomic E-state index is 0.0421. The Labute approximate surface area is 131 Å². The Bertz CT molecular complexity index is 563. The lowest BCUT2D eigenvalue weighted by molar-refractivity contribution is -0.127. The summed E-state index contributed by atoms with van der Waals surface area (Å²) in [5.41, 5.74) is 0.0434. The summed E-state index contributed by atoms with van der Waals surface area (Å²) in [5, 5.41) is 4.66. The SMILES string of the molecule is CCNC(=O)NC(=O)C(C)OC(=O)c1cccc(Cl)c1Cl. The highest BCUT2D eigenvalue weighted by Gasteiger charge is 2.22. The Kier molecular flexibility index (Phi) is 6.45. The molecule has 6 nitrogen and oxygen atoms in total. The van der Waals surface area contributed by atoms with Crippen molar-refractivity contribution < 1.29 is 19.1 Å². The maximum absolute atomic E-state index is 11.9. The number of rotatable bonds is 4. The summed E-state index contributed by atoms with van der Waals surface area (Å²) < 4.78 is 4.94. The van der Waals surface area contributed by atoms with E-state index in [-0.39, 0.29) is 15.6 Å². The Balaban J connectivity index is 2.68. The van der Waals surface area contributed by atoms with Crippen molar-refractivity contribution in [2.75, 3.05) is 6.54 Å². The molecule has 0 saturated carbocycles. The molecule has 1 unspecified atom stereocenters. The predicted molar refractivity (Wildman–Crippen MR) is 78.6 cm³/mol. The van der Waals surface area contributed by atoms with Crippen LogP contribution in [-0.2, 0) is 9.53 Å². The number of carbonyl (C=O) groups excluding carboxylic acids is 3. The van der Waals surface area contributed by atoms with Crippen molar-refractivity contribution in [3.8, 4) is 0 Å². The molecule has 0 bridgehead atoms. The lowest BCUT2D eigenvalue weighted by atomic mass is 10.2. The number of imide groups is 1. The number of halogens is 2. The van der Waals surface area contributed by atoms with Crippen LogP contribution < -0.4 is 10.6 Å². The summed E-state index contributed by atoms with van der Waals surface area (Å²) in [7, 11) is 0. The summed E-state index contributed by atoms with van der Waals surface area (Å²) in [6.45, 7) is 3.41. The van der Waals surface area contributed by atoms with Crippen molar-refractivity contribution in [3.05, 3.63) is 33.8 Å².